The molecule has 3 rings (SSSR count). The molecule has 0 aromatic heterocycles. The third-order valence-corrected chi connectivity index (χ3v) is 6.25. The highest BCUT2D eigenvalue weighted by Crippen LogP contribution is 2.36. The minimum atomic E-state index is -3.69. The number of allylic oxidation sites excluding steroid dienone is 1. The fourth-order valence-corrected chi connectivity index (χ4v) is 4.62. The molecular weight excluding hydrogens is 324 g/mol. The van der Waals surface area contributed by atoms with Gasteiger partial charge in [-0.1, -0.05) is 36.4 Å². The van der Waals surface area contributed by atoms with Gasteiger partial charge in [0.25, 0.3) is 0 Å². The van der Waals surface area contributed by atoms with Gasteiger partial charge in [-0.25, -0.2) is 8.42 Å². The van der Waals surface area contributed by atoms with Crippen LogP contribution in [-0.2, 0) is 9.84 Å². The molecule has 0 radical (unpaired) electrons. The summed E-state index contributed by atoms with van der Waals surface area (Å²) in [6.07, 6.45) is 1.84. The number of aliphatic hydroxyl groups is 1. The molecule has 0 unspecified atom stereocenters. The molecule has 24 heavy (non-hydrogen) atoms. The number of aliphatic hydroxyl groups excluding tert-OH is 1. The predicted octanol–water partition coefficient (Wildman–Crippen LogP) is 3.29. The fourth-order valence-electron chi connectivity index (χ4n) is 3.01. The van der Waals surface area contributed by atoms with E-state index >= 15 is 0 Å². The minimum Gasteiger partial charge on any atom is -0.497 e. The SMILES string of the molecule is COc1cccc([C@@H]2C=C(S(=O)(=O)c3ccccc3)[C@H](O)CC2)c1. The van der Waals surface area contributed by atoms with Crippen molar-refractivity contribution < 1.29 is 18.3 Å². The van der Waals surface area contributed by atoms with Gasteiger partial charge in [0.1, 0.15) is 5.75 Å². The normalized spacial score (nSPS) is 21.2. The van der Waals surface area contributed by atoms with E-state index in [-0.39, 0.29) is 15.7 Å². The van der Waals surface area contributed by atoms with Crippen molar-refractivity contribution >= 4 is 9.84 Å². The van der Waals surface area contributed by atoms with Gasteiger partial charge in [0, 0.05) is 5.92 Å². The van der Waals surface area contributed by atoms with Crippen LogP contribution in [0.5, 0.6) is 5.75 Å². The lowest BCUT2D eigenvalue weighted by atomic mass is 9.88. The van der Waals surface area contributed by atoms with Crippen molar-refractivity contribution in [2.24, 2.45) is 0 Å². The Morgan fingerprint density at radius 3 is 2.50 bits per heavy atom. The zero-order valence-corrected chi connectivity index (χ0v) is 14.2. The van der Waals surface area contributed by atoms with Gasteiger partial charge in [0.15, 0.2) is 0 Å². The molecule has 2 aromatic rings. The summed E-state index contributed by atoms with van der Waals surface area (Å²) in [5.41, 5.74) is 0.988. The lowest BCUT2D eigenvalue weighted by molar-refractivity contribution is 0.195. The van der Waals surface area contributed by atoms with E-state index in [1.807, 2.05) is 24.3 Å². The molecule has 0 bridgehead atoms. The van der Waals surface area contributed by atoms with Crippen molar-refractivity contribution in [1.82, 2.24) is 0 Å². The lowest BCUT2D eigenvalue weighted by Crippen LogP contribution is -2.24. The van der Waals surface area contributed by atoms with Crippen LogP contribution in [0, 0.1) is 0 Å². The largest absolute Gasteiger partial charge is 0.497 e. The summed E-state index contributed by atoms with van der Waals surface area (Å²) in [5, 5.41) is 10.3. The fraction of sp³-hybridized carbons (Fsp3) is 0.263. The van der Waals surface area contributed by atoms with E-state index in [9.17, 15) is 13.5 Å². The molecule has 1 aliphatic carbocycles. The van der Waals surface area contributed by atoms with Gasteiger partial charge in [0.05, 0.1) is 23.0 Å². The second kappa shape index (κ2) is 6.79. The first-order valence-electron chi connectivity index (χ1n) is 7.86. The van der Waals surface area contributed by atoms with Crippen molar-refractivity contribution in [3.8, 4) is 5.75 Å². The predicted molar refractivity (Wildman–Crippen MR) is 92.7 cm³/mol. The summed E-state index contributed by atoms with van der Waals surface area (Å²) in [7, 11) is -2.09. The van der Waals surface area contributed by atoms with Crippen LogP contribution in [0.25, 0.3) is 0 Å². The van der Waals surface area contributed by atoms with Crippen molar-refractivity contribution in [3.05, 3.63) is 71.1 Å². The maximum absolute atomic E-state index is 12.8. The van der Waals surface area contributed by atoms with Crippen molar-refractivity contribution in [3.63, 3.8) is 0 Å². The summed E-state index contributed by atoms with van der Waals surface area (Å²) in [6, 6.07) is 15.8. The first kappa shape index (κ1) is 16.7. The van der Waals surface area contributed by atoms with Gasteiger partial charge in [0.2, 0.25) is 9.84 Å². The molecule has 0 saturated heterocycles. The maximum atomic E-state index is 12.8. The van der Waals surface area contributed by atoms with Crippen molar-refractivity contribution in [2.45, 2.75) is 29.8 Å². The van der Waals surface area contributed by atoms with Crippen LogP contribution in [0.4, 0.5) is 0 Å². The Hall–Kier alpha value is -2.11. The van der Waals surface area contributed by atoms with Crippen LogP contribution >= 0.6 is 0 Å². The van der Waals surface area contributed by atoms with Crippen LogP contribution in [0.2, 0.25) is 0 Å². The van der Waals surface area contributed by atoms with E-state index in [1.165, 1.54) is 0 Å². The van der Waals surface area contributed by atoms with Crippen LogP contribution in [0.15, 0.2) is 70.5 Å². The standard InChI is InChI=1S/C19H20O4S/c1-23-16-7-5-6-14(12-16)15-10-11-18(20)19(13-15)24(21,22)17-8-3-2-4-9-17/h2-9,12-13,15,18,20H,10-11H2,1H3/t15-,18+/m0/s1. The molecule has 0 aliphatic heterocycles. The van der Waals surface area contributed by atoms with Gasteiger partial charge in [-0.3, -0.25) is 0 Å². The first-order chi connectivity index (χ1) is 11.5. The third-order valence-electron chi connectivity index (χ3n) is 4.33. The van der Waals surface area contributed by atoms with Crippen LogP contribution in [0.3, 0.4) is 0 Å². The van der Waals surface area contributed by atoms with Gasteiger partial charge in [-0.05, 0) is 42.7 Å². The van der Waals surface area contributed by atoms with Gasteiger partial charge >= 0.3 is 0 Å². The number of sulfone groups is 1. The zero-order valence-electron chi connectivity index (χ0n) is 13.4. The Labute approximate surface area is 142 Å². The monoisotopic (exact) mass is 344 g/mol. The Balaban J connectivity index is 2.01. The highest BCUT2D eigenvalue weighted by Gasteiger charge is 2.31. The second-order valence-electron chi connectivity index (χ2n) is 5.86. The quantitative estimate of drug-likeness (QED) is 0.924. The maximum Gasteiger partial charge on any atom is 0.205 e. The Kier molecular flexibility index (Phi) is 4.73. The lowest BCUT2D eigenvalue weighted by Gasteiger charge is -2.26. The molecule has 4 nitrogen and oxygen atoms in total. The highest BCUT2D eigenvalue weighted by molar-refractivity contribution is 7.95. The molecule has 0 heterocycles. The molecule has 126 valence electrons. The summed E-state index contributed by atoms with van der Waals surface area (Å²) >= 11 is 0. The van der Waals surface area contributed by atoms with Gasteiger partial charge in [-0.2, -0.15) is 0 Å². The molecular formula is C19H20O4S. The molecule has 1 aliphatic rings. The topological polar surface area (TPSA) is 63.6 Å². The average Bonchev–Trinajstić information content (AvgIpc) is 2.62. The molecule has 2 atom stereocenters. The molecule has 5 heteroatoms. The summed E-state index contributed by atoms with van der Waals surface area (Å²) in [6.45, 7) is 0. The Morgan fingerprint density at radius 1 is 1.04 bits per heavy atom. The van der Waals surface area contributed by atoms with Crippen molar-refractivity contribution in [2.75, 3.05) is 7.11 Å². The van der Waals surface area contributed by atoms with E-state index in [0.29, 0.717) is 12.8 Å². The summed E-state index contributed by atoms with van der Waals surface area (Å²) in [4.78, 5) is 0.300. The smallest absolute Gasteiger partial charge is 0.205 e. The Bertz CT molecular complexity index is 841. The van der Waals surface area contributed by atoms with E-state index in [2.05, 4.69) is 0 Å². The second-order valence-corrected chi connectivity index (χ2v) is 7.81. The van der Waals surface area contributed by atoms with Crippen molar-refractivity contribution in [1.29, 1.82) is 0 Å². The minimum absolute atomic E-state index is 0.0583. The highest BCUT2D eigenvalue weighted by atomic mass is 32.2. The first-order valence-corrected chi connectivity index (χ1v) is 9.34. The number of methoxy groups -OCH3 is 1. The molecule has 0 saturated carbocycles. The van der Waals surface area contributed by atoms with E-state index in [1.54, 1.807) is 43.5 Å². The number of rotatable bonds is 4. The van der Waals surface area contributed by atoms with Gasteiger partial charge < -0.3 is 9.84 Å². The van der Waals surface area contributed by atoms with Crippen LogP contribution in [-0.4, -0.2) is 26.7 Å². The Morgan fingerprint density at radius 2 is 1.79 bits per heavy atom. The van der Waals surface area contributed by atoms with Crippen LogP contribution < -0.4 is 4.74 Å². The average molecular weight is 344 g/mol. The zero-order chi connectivity index (χ0) is 17.2. The summed E-state index contributed by atoms with van der Waals surface area (Å²) in [5.74, 6) is 0.677. The molecule has 2 aromatic carbocycles. The number of hydrogen-bond donors (Lipinski definition) is 1. The molecule has 0 spiro atoms. The third kappa shape index (κ3) is 3.23. The number of ether oxygens (including phenoxy) is 1. The van der Waals surface area contributed by atoms with Gasteiger partial charge in [-0.15, -0.1) is 0 Å². The molecule has 1 N–H and O–H groups in total. The summed E-state index contributed by atoms with van der Waals surface area (Å²) < 4.78 is 30.9. The van der Waals surface area contributed by atoms with E-state index < -0.39 is 15.9 Å². The number of hydrogen-bond acceptors (Lipinski definition) is 4. The molecule has 0 fully saturated rings. The van der Waals surface area contributed by atoms with E-state index in [4.69, 9.17) is 4.74 Å². The van der Waals surface area contributed by atoms with E-state index in [0.717, 1.165) is 11.3 Å². The van der Waals surface area contributed by atoms with Crippen LogP contribution in [0.1, 0.15) is 24.3 Å². The molecule has 0 amide bonds. The number of benzene rings is 2.